The van der Waals surface area contributed by atoms with Gasteiger partial charge in [0.2, 0.25) is 0 Å². The molecule has 0 saturated heterocycles. The van der Waals surface area contributed by atoms with Crippen molar-refractivity contribution < 1.29 is 9.53 Å². The zero-order valence-electron chi connectivity index (χ0n) is 12.8. The molecule has 2 aromatic heterocycles. The van der Waals surface area contributed by atoms with Crippen molar-refractivity contribution in [3.63, 3.8) is 0 Å². The van der Waals surface area contributed by atoms with E-state index in [4.69, 9.17) is 0 Å². The van der Waals surface area contributed by atoms with Crippen LogP contribution in [0.4, 0.5) is 0 Å². The molecule has 112 valence electrons. The number of pyridine rings is 1. The van der Waals surface area contributed by atoms with Crippen LogP contribution in [0.2, 0.25) is 0 Å². The molecule has 21 heavy (non-hydrogen) atoms. The Hall–Kier alpha value is -2.21. The molecule has 0 atom stereocenters. The molecule has 0 fully saturated rings. The molecule has 6 heteroatoms. The summed E-state index contributed by atoms with van der Waals surface area (Å²) >= 11 is 0. The lowest BCUT2D eigenvalue weighted by Gasteiger charge is -2.06. The Kier molecular flexibility index (Phi) is 4.70. The number of aromatic nitrogens is 3. The Morgan fingerprint density at radius 2 is 2.10 bits per heavy atom. The lowest BCUT2D eigenvalue weighted by atomic mass is 10.2. The number of hydrogen-bond donors (Lipinski definition) is 1. The number of esters is 1. The number of hydrogen-bond acceptors (Lipinski definition) is 5. The molecule has 0 aliphatic carbocycles. The highest BCUT2D eigenvalue weighted by Crippen LogP contribution is 2.11. The number of rotatable bonds is 5. The minimum absolute atomic E-state index is 0.372. The summed E-state index contributed by atoms with van der Waals surface area (Å²) in [5.74, 6) is -0.372. The first-order chi connectivity index (χ1) is 10.0. The average molecular weight is 288 g/mol. The van der Waals surface area contributed by atoms with Gasteiger partial charge in [0, 0.05) is 37.6 Å². The van der Waals surface area contributed by atoms with Crippen LogP contribution in [-0.2, 0) is 24.9 Å². The Labute approximate surface area is 124 Å². The molecular formula is C15H20N4O2. The van der Waals surface area contributed by atoms with Gasteiger partial charge in [-0.2, -0.15) is 5.10 Å². The molecule has 0 spiro atoms. The maximum Gasteiger partial charge on any atom is 0.339 e. The second kappa shape index (κ2) is 6.49. The van der Waals surface area contributed by atoms with E-state index in [0.717, 1.165) is 23.6 Å². The average Bonchev–Trinajstić information content (AvgIpc) is 2.73. The van der Waals surface area contributed by atoms with Crippen LogP contribution in [0.15, 0.2) is 18.3 Å². The maximum absolute atomic E-state index is 11.3. The van der Waals surface area contributed by atoms with Gasteiger partial charge in [-0.25, -0.2) is 4.79 Å². The smallest absolute Gasteiger partial charge is 0.339 e. The minimum Gasteiger partial charge on any atom is -0.465 e. The number of carbonyl (C=O) groups excluding carboxylic acids is 1. The fraction of sp³-hybridized carbons (Fsp3) is 0.400. The van der Waals surface area contributed by atoms with Crippen LogP contribution in [0.25, 0.3) is 0 Å². The fourth-order valence-corrected chi connectivity index (χ4v) is 2.16. The SMILES string of the molecule is COC(=O)c1ccc(CNCc2c(C)nn(C)c2C)nc1. The van der Waals surface area contributed by atoms with E-state index in [-0.39, 0.29) is 5.97 Å². The predicted octanol–water partition coefficient (Wildman–Crippen LogP) is 1.51. The van der Waals surface area contributed by atoms with Gasteiger partial charge in [0.25, 0.3) is 0 Å². The fourth-order valence-electron chi connectivity index (χ4n) is 2.16. The van der Waals surface area contributed by atoms with Gasteiger partial charge in [0.05, 0.1) is 24.1 Å². The number of methoxy groups -OCH3 is 1. The molecule has 2 aromatic rings. The number of ether oxygens (including phenoxy) is 1. The Balaban J connectivity index is 1.93. The minimum atomic E-state index is -0.372. The first-order valence-electron chi connectivity index (χ1n) is 6.76. The molecule has 0 bridgehead atoms. The van der Waals surface area contributed by atoms with E-state index in [0.29, 0.717) is 12.1 Å². The number of nitrogens with zero attached hydrogens (tertiary/aromatic N) is 3. The molecule has 0 aliphatic heterocycles. The number of nitrogens with one attached hydrogen (secondary N) is 1. The molecule has 2 heterocycles. The zero-order chi connectivity index (χ0) is 15.4. The van der Waals surface area contributed by atoms with Crippen LogP contribution in [0.3, 0.4) is 0 Å². The first-order valence-corrected chi connectivity index (χ1v) is 6.76. The quantitative estimate of drug-likeness (QED) is 0.845. The van der Waals surface area contributed by atoms with E-state index in [1.165, 1.54) is 18.9 Å². The molecule has 0 aromatic carbocycles. The third-order valence-corrected chi connectivity index (χ3v) is 3.51. The van der Waals surface area contributed by atoms with Gasteiger partial charge in [-0.05, 0) is 26.0 Å². The first kappa shape index (κ1) is 15.2. The molecule has 0 unspecified atom stereocenters. The molecule has 6 nitrogen and oxygen atoms in total. The Bertz CT molecular complexity index is 632. The largest absolute Gasteiger partial charge is 0.465 e. The second-order valence-electron chi connectivity index (χ2n) is 4.91. The highest BCUT2D eigenvalue weighted by molar-refractivity contribution is 5.88. The standard InChI is InChI=1S/C15H20N4O2/c1-10-14(11(2)19(3)18-10)9-16-8-13-6-5-12(7-17-13)15(20)21-4/h5-7,16H,8-9H2,1-4H3. The Morgan fingerprint density at radius 1 is 1.33 bits per heavy atom. The Morgan fingerprint density at radius 3 is 2.62 bits per heavy atom. The molecule has 0 aliphatic rings. The van der Waals surface area contributed by atoms with Gasteiger partial charge in [-0.1, -0.05) is 0 Å². The molecule has 0 amide bonds. The molecule has 0 saturated carbocycles. The number of aryl methyl sites for hydroxylation is 2. The van der Waals surface area contributed by atoms with Crippen molar-refractivity contribution in [2.24, 2.45) is 7.05 Å². The van der Waals surface area contributed by atoms with E-state index < -0.39 is 0 Å². The third kappa shape index (κ3) is 3.46. The predicted molar refractivity (Wildman–Crippen MR) is 78.8 cm³/mol. The van der Waals surface area contributed by atoms with Crippen molar-refractivity contribution >= 4 is 5.97 Å². The van der Waals surface area contributed by atoms with Crippen molar-refractivity contribution in [2.75, 3.05) is 7.11 Å². The zero-order valence-corrected chi connectivity index (χ0v) is 12.8. The molecule has 2 rings (SSSR count). The van der Waals surface area contributed by atoms with Crippen molar-refractivity contribution in [3.8, 4) is 0 Å². The van der Waals surface area contributed by atoms with Gasteiger partial charge in [0.15, 0.2) is 0 Å². The summed E-state index contributed by atoms with van der Waals surface area (Å²) in [7, 11) is 3.30. The van der Waals surface area contributed by atoms with Gasteiger partial charge < -0.3 is 10.1 Å². The summed E-state index contributed by atoms with van der Waals surface area (Å²) in [5.41, 5.74) is 4.75. The van der Waals surface area contributed by atoms with Gasteiger partial charge >= 0.3 is 5.97 Å². The van der Waals surface area contributed by atoms with Crippen LogP contribution in [0.5, 0.6) is 0 Å². The normalized spacial score (nSPS) is 10.7. The lowest BCUT2D eigenvalue weighted by Crippen LogP contribution is -2.15. The lowest BCUT2D eigenvalue weighted by molar-refractivity contribution is 0.0600. The van der Waals surface area contributed by atoms with E-state index in [1.807, 2.05) is 24.7 Å². The third-order valence-electron chi connectivity index (χ3n) is 3.51. The van der Waals surface area contributed by atoms with E-state index in [9.17, 15) is 4.79 Å². The summed E-state index contributed by atoms with van der Waals surface area (Å²) in [6.45, 7) is 5.44. The second-order valence-corrected chi connectivity index (χ2v) is 4.91. The van der Waals surface area contributed by atoms with Gasteiger partial charge in [0.1, 0.15) is 0 Å². The van der Waals surface area contributed by atoms with Crippen molar-refractivity contribution in [2.45, 2.75) is 26.9 Å². The molecule has 0 radical (unpaired) electrons. The van der Waals surface area contributed by atoms with Crippen LogP contribution in [0.1, 0.15) is 33.0 Å². The van der Waals surface area contributed by atoms with Gasteiger partial charge in [-0.3, -0.25) is 9.67 Å². The van der Waals surface area contributed by atoms with Crippen LogP contribution in [0, 0.1) is 13.8 Å². The van der Waals surface area contributed by atoms with Crippen LogP contribution in [-0.4, -0.2) is 27.8 Å². The van der Waals surface area contributed by atoms with E-state index in [1.54, 1.807) is 6.07 Å². The number of carbonyl (C=O) groups is 1. The van der Waals surface area contributed by atoms with Crippen LogP contribution >= 0.6 is 0 Å². The topological polar surface area (TPSA) is 69.0 Å². The van der Waals surface area contributed by atoms with Crippen molar-refractivity contribution in [1.29, 1.82) is 0 Å². The summed E-state index contributed by atoms with van der Waals surface area (Å²) in [5, 5.41) is 7.73. The van der Waals surface area contributed by atoms with E-state index >= 15 is 0 Å². The van der Waals surface area contributed by atoms with Crippen molar-refractivity contribution in [3.05, 3.63) is 46.5 Å². The van der Waals surface area contributed by atoms with Crippen LogP contribution < -0.4 is 5.32 Å². The molecular weight excluding hydrogens is 268 g/mol. The van der Waals surface area contributed by atoms with Gasteiger partial charge in [-0.15, -0.1) is 0 Å². The molecule has 1 N–H and O–H groups in total. The van der Waals surface area contributed by atoms with E-state index in [2.05, 4.69) is 27.1 Å². The maximum atomic E-state index is 11.3. The summed E-state index contributed by atoms with van der Waals surface area (Å²) in [6.07, 6.45) is 1.53. The summed E-state index contributed by atoms with van der Waals surface area (Å²) in [4.78, 5) is 15.6. The monoisotopic (exact) mass is 288 g/mol. The summed E-state index contributed by atoms with van der Waals surface area (Å²) < 4.78 is 6.52. The van der Waals surface area contributed by atoms with Crippen molar-refractivity contribution in [1.82, 2.24) is 20.1 Å². The highest BCUT2D eigenvalue weighted by atomic mass is 16.5. The summed E-state index contributed by atoms with van der Waals surface area (Å²) in [6, 6.07) is 3.54. The highest BCUT2D eigenvalue weighted by Gasteiger charge is 2.09.